The van der Waals surface area contributed by atoms with Gasteiger partial charge >= 0.3 is 0 Å². The molecule has 2 amide bonds. The average Bonchev–Trinajstić information content (AvgIpc) is 2.84. The largest absolute Gasteiger partial charge is 0.352 e. The van der Waals surface area contributed by atoms with Gasteiger partial charge in [-0.2, -0.15) is 0 Å². The van der Waals surface area contributed by atoms with Crippen LogP contribution in [0.4, 0.5) is 0 Å². The van der Waals surface area contributed by atoms with Gasteiger partial charge in [0.1, 0.15) is 6.04 Å². The van der Waals surface area contributed by atoms with Gasteiger partial charge in [-0.3, -0.25) is 9.59 Å². The van der Waals surface area contributed by atoms with Gasteiger partial charge in [-0.15, -0.1) is 11.3 Å². The van der Waals surface area contributed by atoms with E-state index in [9.17, 15) is 9.59 Å². The Bertz CT molecular complexity index is 540. The third kappa shape index (κ3) is 5.03. The summed E-state index contributed by atoms with van der Waals surface area (Å²) in [5, 5.41) is 5.40. The van der Waals surface area contributed by atoms with Crippen LogP contribution in [-0.2, 0) is 4.79 Å². The number of hydrogen-bond donors (Lipinski definition) is 3. The summed E-state index contributed by atoms with van der Waals surface area (Å²) in [7, 11) is 0. The Morgan fingerprint density at radius 3 is 2.60 bits per heavy atom. The molecule has 1 atom stereocenters. The van der Waals surface area contributed by atoms with E-state index in [0.29, 0.717) is 4.88 Å². The van der Waals surface area contributed by atoms with E-state index in [0.717, 1.165) is 4.88 Å². The smallest absolute Gasteiger partial charge is 0.262 e. The first-order valence-corrected chi connectivity index (χ1v) is 7.15. The highest BCUT2D eigenvalue weighted by atomic mass is 32.1. The molecule has 0 saturated carbocycles. The lowest BCUT2D eigenvalue weighted by molar-refractivity contribution is -0.123. The van der Waals surface area contributed by atoms with Gasteiger partial charge in [0.05, 0.1) is 16.3 Å². The fraction of sp³-hybridized carbons (Fsp3) is 0.429. The molecule has 4 N–H and O–H groups in total. The normalized spacial score (nSPS) is 11.4. The summed E-state index contributed by atoms with van der Waals surface area (Å²) in [4.78, 5) is 25.0. The third-order valence-electron chi connectivity index (χ3n) is 2.32. The van der Waals surface area contributed by atoms with Crippen molar-refractivity contribution < 1.29 is 9.59 Å². The van der Waals surface area contributed by atoms with Gasteiger partial charge in [0.2, 0.25) is 5.91 Å². The van der Waals surface area contributed by atoms with Gasteiger partial charge in [-0.1, -0.05) is 11.8 Å². The second kappa shape index (κ2) is 7.68. The van der Waals surface area contributed by atoms with Gasteiger partial charge < -0.3 is 16.4 Å². The Hall–Kier alpha value is -1.84. The van der Waals surface area contributed by atoms with Crippen LogP contribution in [-0.4, -0.2) is 30.4 Å². The minimum absolute atomic E-state index is 0.0433. The molecule has 1 rings (SSSR count). The van der Waals surface area contributed by atoms with Crippen molar-refractivity contribution >= 4 is 23.2 Å². The lowest BCUT2D eigenvalue weighted by atomic mass is 10.2. The molecule has 0 spiro atoms. The maximum Gasteiger partial charge on any atom is 0.262 e. The van der Waals surface area contributed by atoms with Crippen LogP contribution in [0.15, 0.2) is 12.1 Å². The Labute approximate surface area is 122 Å². The predicted octanol–water partition coefficient (Wildman–Crippen LogP) is 0.701. The summed E-state index contributed by atoms with van der Waals surface area (Å²) in [5.41, 5.74) is 5.29. The van der Waals surface area contributed by atoms with E-state index in [2.05, 4.69) is 22.5 Å². The third-order valence-corrected chi connectivity index (χ3v) is 3.31. The summed E-state index contributed by atoms with van der Waals surface area (Å²) >= 11 is 1.28. The molecular formula is C14H19N3O2S. The summed E-state index contributed by atoms with van der Waals surface area (Å²) < 4.78 is 0. The lowest BCUT2D eigenvalue weighted by Crippen LogP contribution is -2.46. The van der Waals surface area contributed by atoms with Crippen molar-refractivity contribution in [3.05, 3.63) is 21.9 Å². The molecule has 1 aromatic rings. The van der Waals surface area contributed by atoms with Crippen molar-refractivity contribution in [1.82, 2.24) is 10.6 Å². The van der Waals surface area contributed by atoms with Crippen LogP contribution in [0.1, 0.15) is 35.3 Å². The standard InChI is InChI=1S/C14H19N3O2S/c1-9(2)16-13(18)10(3)17-14(19)12-7-6-11(20-12)5-4-8-15/h6-7,9-10H,8,15H2,1-3H3,(H,16,18)(H,17,19). The van der Waals surface area contributed by atoms with E-state index in [4.69, 9.17) is 5.73 Å². The van der Waals surface area contributed by atoms with Crippen LogP contribution < -0.4 is 16.4 Å². The number of hydrogen-bond acceptors (Lipinski definition) is 4. The van der Waals surface area contributed by atoms with Crippen molar-refractivity contribution in [2.45, 2.75) is 32.9 Å². The van der Waals surface area contributed by atoms with E-state index in [1.807, 2.05) is 13.8 Å². The fourth-order valence-corrected chi connectivity index (χ4v) is 2.19. The summed E-state index contributed by atoms with van der Waals surface area (Å²) in [6.45, 7) is 5.67. The molecule has 0 bridgehead atoms. The molecule has 108 valence electrons. The highest BCUT2D eigenvalue weighted by molar-refractivity contribution is 7.14. The second-order valence-corrected chi connectivity index (χ2v) is 5.61. The van der Waals surface area contributed by atoms with Gasteiger partial charge in [0.15, 0.2) is 0 Å². The van der Waals surface area contributed by atoms with Gasteiger partial charge in [0, 0.05) is 6.04 Å². The van der Waals surface area contributed by atoms with E-state index in [1.165, 1.54) is 11.3 Å². The molecule has 0 aromatic carbocycles. The maximum absolute atomic E-state index is 12.0. The SMILES string of the molecule is CC(C)NC(=O)C(C)NC(=O)c1ccc(C#CCN)s1. The number of thiophene rings is 1. The fourth-order valence-electron chi connectivity index (χ4n) is 1.41. The molecule has 5 nitrogen and oxygen atoms in total. The summed E-state index contributed by atoms with van der Waals surface area (Å²) in [6.07, 6.45) is 0. The van der Waals surface area contributed by atoms with Crippen LogP contribution in [0.2, 0.25) is 0 Å². The monoisotopic (exact) mass is 293 g/mol. The van der Waals surface area contributed by atoms with Crippen molar-refractivity contribution in [1.29, 1.82) is 0 Å². The average molecular weight is 293 g/mol. The predicted molar refractivity (Wildman–Crippen MR) is 80.5 cm³/mol. The van der Waals surface area contributed by atoms with E-state index in [-0.39, 0.29) is 24.4 Å². The minimum atomic E-state index is -0.578. The Morgan fingerprint density at radius 2 is 2.00 bits per heavy atom. The zero-order chi connectivity index (χ0) is 15.1. The number of rotatable bonds is 4. The van der Waals surface area contributed by atoms with Crippen LogP contribution >= 0.6 is 11.3 Å². The lowest BCUT2D eigenvalue weighted by Gasteiger charge is -2.15. The Balaban J connectivity index is 2.62. The van der Waals surface area contributed by atoms with Crippen LogP contribution in [0.25, 0.3) is 0 Å². The molecular weight excluding hydrogens is 274 g/mol. The van der Waals surface area contributed by atoms with Crippen LogP contribution in [0.5, 0.6) is 0 Å². The van der Waals surface area contributed by atoms with Crippen molar-refractivity contribution in [3.63, 3.8) is 0 Å². The van der Waals surface area contributed by atoms with E-state index >= 15 is 0 Å². The molecule has 0 saturated heterocycles. The molecule has 0 fully saturated rings. The molecule has 20 heavy (non-hydrogen) atoms. The molecule has 1 heterocycles. The molecule has 0 radical (unpaired) electrons. The second-order valence-electron chi connectivity index (χ2n) is 4.53. The van der Waals surface area contributed by atoms with E-state index in [1.54, 1.807) is 19.1 Å². The number of carbonyl (C=O) groups excluding carboxylic acids is 2. The first-order valence-electron chi connectivity index (χ1n) is 6.34. The quantitative estimate of drug-likeness (QED) is 0.715. The van der Waals surface area contributed by atoms with E-state index < -0.39 is 6.04 Å². The Kier molecular flexibility index (Phi) is 6.22. The zero-order valence-corrected chi connectivity index (χ0v) is 12.6. The minimum Gasteiger partial charge on any atom is -0.352 e. The molecule has 1 unspecified atom stereocenters. The topological polar surface area (TPSA) is 84.2 Å². The zero-order valence-electron chi connectivity index (χ0n) is 11.8. The number of carbonyl (C=O) groups is 2. The van der Waals surface area contributed by atoms with Gasteiger partial charge in [-0.25, -0.2) is 0 Å². The first kappa shape index (κ1) is 16.2. The molecule has 0 aliphatic heterocycles. The maximum atomic E-state index is 12.0. The molecule has 6 heteroatoms. The Morgan fingerprint density at radius 1 is 1.30 bits per heavy atom. The molecule has 0 aliphatic rings. The van der Waals surface area contributed by atoms with Gasteiger partial charge in [-0.05, 0) is 32.9 Å². The number of nitrogens with one attached hydrogen (secondary N) is 2. The molecule has 0 aliphatic carbocycles. The highest BCUT2D eigenvalue weighted by Crippen LogP contribution is 2.15. The summed E-state index contributed by atoms with van der Waals surface area (Å²) in [5.74, 6) is 5.12. The van der Waals surface area contributed by atoms with Crippen molar-refractivity contribution in [3.8, 4) is 11.8 Å². The first-order chi connectivity index (χ1) is 9.43. The summed E-state index contributed by atoms with van der Waals surface area (Å²) in [6, 6.07) is 2.92. The number of amides is 2. The molecule has 1 aromatic heterocycles. The number of nitrogens with two attached hydrogens (primary N) is 1. The van der Waals surface area contributed by atoms with Crippen molar-refractivity contribution in [2.75, 3.05) is 6.54 Å². The van der Waals surface area contributed by atoms with Crippen molar-refractivity contribution in [2.24, 2.45) is 5.73 Å². The highest BCUT2D eigenvalue weighted by Gasteiger charge is 2.17. The van der Waals surface area contributed by atoms with Gasteiger partial charge in [0.25, 0.3) is 5.91 Å². The van der Waals surface area contributed by atoms with Crippen LogP contribution in [0, 0.1) is 11.8 Å². The van der Waals surface area contributed by atoms with Crippen LogP contribution in [0.3, 0.4) is 0 Å².